The summed E-state index contributed by atoms with van der Waals surface area (Å²) < 4.78 is 16.8. The van der Waals surface area contributed by atoms with Crippen molar-refractivity contribution in [2.24, 2.45) is 0 Å². The highest BCUT2D eigenvalue weighted by molar-refractivity contribution is 5.52. The monoisotopic (exact) mass is 443 g/mol. The smallest absolute Gasteiger partial charge is 0.228 e. The van der Waals surface area contributed by atoms with Gasteiger partial charge in [-0.15, -0.1) is 0 Å². The zero-order chi connectivity index (χ0) is 23.5. The Morgan fingerprint density at radius 1 is 1.06 bits per heavy atom. The Kier molecular flexibility index (Phi) is 7.51. The van der Waals surface area contributed by atoms with Crippen molar-refractivity contribution in [2.75, 3.05) is 20.8 Å². The lowest BCUT2D eigenvalue weighted by molar-refractivity contribution is -0.366. The van der Waals surface area contributed by atoms with Crippen LogP contribution in [0.5, 0.6) is 5.75 Å². The first kappa shape index (κ1) is 24.1. The highest BCUT2D eigenvalue weighted by Gasteiger charge is 2.56. The van der Waals surface area contributed by atoms with E-state index in [1.165, 1.54) is 25.8 Å². The molecule has 1 aliphatic rings. The topological polar surface area (TPSA) is 132 Å². The van der Waals surface area contributed by atoms with Crippen LogP contribution in [0, 0.1) is 11.3 Å². The second-order valence-corrected chi connectivity index (χ2v) is 7.80. The van der Waals surface area contributed by atoms with Gasteiger partial charge in [0.2, 0.25) is 5.79 Å². The van der Waals surface area contributed by atoms with E-state index >= 15 is 0 Å². The van der Waals surface area contributed by atoms with Crippen molar-refractivity contribution in [3.63, 3.8) is 0 Å². The summed E-state index contributed by atoms with van der Waals surface area (Å²) in [7, 11) is 2.68. The molecule has 5 atom stereocenters. The predicted molar refractivity (Wildman–Crippen MR) is 115 cm³/mol. The molecule has 4 N–H and O–H groups in total. The van der Waals surface area contributed by atoms with Crippen LogP contribution in [-0.4, -0.2) is 65.7 Å². The average Bonchev–Trinajstić information content (AvgIpc) is 2.83. The minimum Gasteiger partial charge on any atom is -0.496 e. The molecular formula is C24H29NO7. The molecule has 2 aromatic carbocycles. The van der Waals surface area contributed by atoms with Gasteiger partial charge in [0.1, 0.15) is 30.2 Å². The summed E-state index contributed by atoms with van der Waals surface area (Å²) in [6.45, 7) is 1.47. The van der Waals surface area contributed by atoms with Gasteiger partial charge in [-0.2, -0.15) is 5.26 Å². The molecule has 3 rings (SSSR count). The predicted octanol–water partition coefficient (Wildman–Crippen LogP) is 0.993. The maximum absolute atomic E-state index is 10.8. The molecule has 172 valence electrons. The van der Waals surface area contributed by atoms with Crippen molar-refractivity contribution in [2.45, 2.75) is 50.0 Å². The van der Waals surface area contributed by atoms with E-state index < -0.39 is 36.8 Å². The van der Waals surface area contributed by atoms with Crippen molar-refractivity contribution in [3.05, 3.63) is 64.2 Å². The number of aliphatic hydroxyl groups excluding tert-OH is 4. The quantitative estimate of drug-likeness (QED) is 0.498. The number of nitriles is 1. The van der Waals surface area contributed by atoms with Gasteiger partial charge in [0, 0.05) is 7.11 Å². The van der Waals surface area contributed by atoms with Crippen molar-refractivity contribution in [3.8, 4) is 11.8 Å². The minimum absolute atomic E-state index is 0.202. The van der Waals surface area contributed by atoms with Gasteiger partial charge in [-0.25, -0.2) is 0 Å². The molecule has 8 nitrogen and oxygen atoms in total. The molecule has 2 aromatic rings. The fourth-order valence-electron chi connectivity index (χ4n) is 4.07. The molecule has 32 heavy (non-hydrogen) atoms. The number of ether oxygens (including phenoxy) is 3. The summed E-state index contributed by atoms with van der Waals surface area (Å²) in [5, 5.41) is 50.8. The van der Waals surface area contributed by atoms with E-state index in [4.69, 9.17) is 14.2 Å². The van der Waals surface area contributed by atoms with Crippen LogP contribution in [0.25, 0.3) is 0 Å². The standard InChI is InChI=1S/C24H29NO7/c1-4-14-5-7-15(8-6-14)9-16-10-18(19(30-2)11-17(16)12-25)24(31-3)23(29)22(28)21(27)20(13-26)32-24/h5-8,10-11,20-23,26-29H,4,9,13H2,1-3H3/t20?,21-,22?,23-,24?/m1/s1. The van der Waals surface area contributed by atoms with Crippen LogP contribution in [0.4, 0.5) is 0 Å². The number of aryl methyl sites for hydroxylation is 1. The highest BCUT2D eigenvalue weighted by Crippen LogP contribution is 2.44. The summed E-state index contributed by atoms with van der Waals surface area (Å²) in [6, 6.07) is 13.4. The summed E-state index contributed by atoms with van der Waals surface area (Å²) in [5.41, 5.74) is 3.43. The van der Waals surface area contributed by atoms with E-state index in [1.54, 1.807) is 6.07 Å². The van der Waals surface area contributed by atoms with Crippen molar-refractivity contribution in [1.82, 2.24) is 0 Å². The van der Waals surface area contributed by atoms with E-state index in [0.717, 1.165) is 12.0 Å². The largest absolute Gasteiger partial charge is 0.496 e. The fraction of sp³-hybridized carbons (Fsp3) is 0.458. The zero-order valence-corrected chi connectivity index (χ0v) is 18.4. The fourth-order valence-corrected chi connectivity index (χ4v) is 4.07. The summed E-state index contributed by atoms with van der Waals surface area (Å²) in [4.78, 5) is 0. The Bertz CT molecular complexity index is 970. The minimum atomic E-state index is -1.94. The van der Waals surface area contributed by atoms with Gasteiger partial charge in [-0.3, -0.25) is 0 Å². The third kappa shape index (κ3) is 4.24. The van der Waals surface area contributed by atoms with Crippen LogP contribution < -0.4 is 4.74 Å². The average molecular weight is 443 g/mol. The normalized spacial score (nSPS) is 27.7. The van der Waals surface area contributed by atoms with Gasteiger partial charge < -0.3 is 34.6 Å². The molecular weight excluding hydrogens is 414 g/mol. The molecule has 0 spiro atoms. The van der Waals surface area contributed by atoms with E-state index in [-0.39, 0.29) is 11.3 Å². The summed E-state index contributed by atoms with van der Waals surface area (Å²) in [5.74, 6) is -1.74. The maximum atomic E-state index is 10.8. The maximum Gasteiger partial charge on any atom is 0.228 e. The Balaban J connectivity index is 2.13. The number of benzene rings is 2. The Morgan fingerprint density at radius 3 is 2.25 bits per heavy atom. The molecule has 1 heterocycles. The third-order valence-corrected chi connectivity index (χ3v) is 6.00. The third-order valence-electron chi connectivity index (χ3n) is 6.00. The van der Waals surface area contributed by atoms with Gasteiger partial charge >= 0.3 is 0 Å². The van der Waals surface area contributed by atoms with Crippen LogP contribution in [0.2, 0.25) is 0 Å². The Hall–Kier alpha value is -2.51. The first-order valence-corrected chi connectivity index (χ1v) is 10.4. The van der Waals surface area contributed by atoms with E-state index in [1.807, 2.05) is 24.3 Å². The van der Waals surface area contributed by atoms with Crippen LogP contribution in [0.3, 0.4) is 0 Å². The molecule has 1 aliphatic heterocycles. The second-order valence-electron chi connectivity index (χ2n) is 7.80. The number of rotatable bonds is 7. The first-order chi connectivity index (χ1) is 15.3. The molecule has 0 aliphatic carbocycles. The molecule has 0 radical (unpaired) electrons. The van der Waals surface area contributed by atoms with Gasteiger partial charge in [0.25, 0.3) is 0 Å². The van der Waals surface area contributed by atoms with Crippen molar-refractivity contribution >= 4 is 0 Å². The molecule has 0 bridgehead atoms. The number of aliphatic hydroxyl groups is 4. The first-order valence-electron chi connectivity index (χ1n) is 10.4. The lowest BCUT2D eigenvalue weighted by Crippen LogP contribution is -2.64. The molecule has 1 fully saturated rings. The summed E-state index contributed by atoms with van der Waals surface area (Å²) in [6.07, 6.45) is -4.72. The molecule has 0 saturated carbocycles. The lowest BCUT2D eigenvalue weighted by atomic mass is 9.85. The van der Waals surface area contributed by atoms with E-state index in [9.17, 15) is 25.7 Å². The van der Waals surface area contributed by atoms with E-state index in [0.29, 0.717) is 17.5 Å². The van der Waals surface area contributed by atoms with Crippen LogP contribution >= 0.6 is 0 Å². The van der Waals surface area contributed by atoms with Crippen LogP contribution in [0.15, 0.2) is 36.4 Å². The SMILES string of the molecule is CCc1ccc(Cc2cc(C3(OC)OC(CO)[C@@H](O)C(O)[C@H]3O)c(OC)cc2C#N)cc1. The highest BCUT2D eigenvalue weighted by atomic mass is 16.7. The molecule has 8 heteroatoms. The number of methoxy groups -OCH3 is 2. The van der Waals surface area contributed by atoms with Crippen LogP contribution in [0.1, 0.15) is 34.7 Å². The van der Waals surface area contributed by atoms with Gasteiger partial charge in [0.15, 0.2) is 0 Å². The number of hydrogen-bond acceptors (Lipinski definition) is 8. The molecule has 0 aromatic heterocycles. The lowest BCUT2D eigenvalue weighted by Gasteiger charge is -2.48. The Labute approximate surface area is 187 Å². The van der Waals surface area contributed by atoms with E-state index in [2.05, 4.69) is 13.0 Å². The second kappa shape index (κ2) is 9.96. The van der Waals surface area contributed by atoms with Gasteiger partial charge in [-0.05, 0) is 41.7 Å². The van der Waals surface area contributed by atoms with Crippen LogP contribution in [-0.2, 0) is 28.1 Å². The Morgan fingerprint density at radius 2 is 1.72 bits per heavy atom. The van der Waals surface area contributed by atoms with Crippen molar-refractivity contribution in [1.29, 1.82) is 5.26 Å². The summed E-state index contributed by atoms with van der Waals surface area (Å²) >= 11 is 0. The van der Waals surface area contributed by atoms with Gasteiger partial charge in [0.05, 0.1) is 30.9 Å². The molecule has 0 amide bonds. The van der Waals surface area contributed by atoms with Gasteiger partial charge in [-0.1, -0.05) is 31.2 Å². The molecule has 3 unspecified atom stereocenters. The number of nitrogens with zero attached hydrogens (tertiary/aromatic N) is 1. The molecule has 1 saturated heterocycles. The number of hydrogen-bond donors (Lipinski definition) is 4. The van der Waals surface area contributed by atoms with Crippen molar-refractivity contribution < 1.29 is 34.6 Å². The zero-order valence-electron chi connectivity index (χ0n) is 18.4.